The molecule has 0 saturated heterocycles. The van der Waals surface area contributed by atoms with Crippen LogP contribution in [0.1, 0.15) is 42.6 Å². The zero-order valence-corrected chi connectivity index (χ0v) is 14.4. The van der Waals surface area contributed by atoms with Gasteiger partial charge in [0.15, 0.2) is 0 Å². The molecular weight excluding hydrogens is 334 g/mol. The van der Waals surface area contributed by atoms with Gasteiger partial charge in [-0.3, -0.25) is 0 Å². The van der Waals surface area contributed by atoms with Crippen molar-refractivity contribution in [3.05, 3.63) is 39.7 Å². The topological polar surface area (TPSA) is 52.3 Å². The summed E-state index contributed by atoms with van der Waals surface area (Å²) in [6.45, 7) is 7.92. The fourth-order valence-corrected chi connectivity index (χ4v) is 2.52. The molecule has 5 heteroatoms. The normalized spacial score (nSPS) is 11.5. The number of aromatic nitrogens is 1. The van der Waals surface area contributed by atoms with E-state index in [4.69, 9.17) is 9.15 Å². The number of hydrogen-bond acceptors (Lipinski definition) is 4. The number of carbonyl (C=O) groups excluding carboxylic acids is 1. The molecule has 0 aliphatic rings. The molecule has 0 N–H and O–H groups in total. The quantitative estimate of drug-likeness (QED) is 0.747. The molecule has 1 heterocycles. The second kappa shape index (κ2) is 5.64. The minimum absolute atomic E-state index is 0.169. The van der Waals surface area contributed by atoms with E-state index in [9.17, 15) is 4.79 Å². The van der Waals surface area contributed by atoms with E-state index in [1.807, 2.05) is 45.9 Å². The largest absolute Gasteiger partial charge is 0.463 e. The number of esters is 1. The number of hydrogen-bond donors (Lipinski definition) is 0. The van der Waals surface area contributed by atoms with E-state index < -0.39 is 5.97 Å². The van der Waals surface area contributed by atoms with Gasteiger partial charge in [-0.25, -0.2) is 9.78 Å². The first kappa shape index (κ1) is 15.8. The third kappa shape index (κ3) is 3.18. The van der Waals surface area contributed by atoms with E-state index in [1.54, 1.807) is 0 Å². The van der Waals surface area contributed by atoms with Gasteiger partial charge >= 0.3 is 5.97 Å². The lowest BCUT2D eigenvalue weighted by atomic mass is 9.91. The van der Waals surface area contributed by atoms with E-state index in [-0.39, 0.29) is 11.2 Å². The number of ether oxygens (including phenoxy) is 1. The molecular formula is C16H18BrNO3. The molecule has 2 rings (SSSR count). The SMILES string of the molecule is COC(=O)c1oc(-c2ccc(Br)cc2C)nc1C(C)(C)C. The number of nitrogens with zero attached hydrogens (tertiary/aromatic N) is 1. The van der Waals surface area contributed by atoms with Crippen LogP contribution in [-0.2, 0) is 10.2 Å². The number of halogens is 1. The van der Waals surface area contributed by atoms with Crippen LogP contribution in [0.2, 0.25) is 0 Å². The Balaban J connectivity index is 2.61. The summed E-state index contributed by atoms with van der Waals surface area (Å²) < 4.78 is 11.5. The fourth-order valence-electron chi connectivity index (χ4n) is 2.04. The van der Waals surface area contributed by atoms with Gasteiger partial charge in [-0.15, -0.1) is 0 Å². The van der Waals surface area contributed by atoms with Crippen LogP contribution in [0.15, 0.2) is 27.1 Å². The maximum atomic E-state index is 11.9. The number of rotatable bonds is 2. The van der Waals surface area contributed by atoms with Crippen molar-refractivity contribution in [1.29, 1.82) is 0 Å². The maximum absolute atomic E-state index is 11.9. The van der Waals surface area contributed by atoms with Gasteiger partial charge in [0.05, 0.1) is 7.11 Å². The smallest absolute Gasteiger partial charge is 0.376 e. The highest BCUT2D eigenvalue weighted by atomic mass is 79.9. The summed E-state index contributed by atoms with van der Waals surface area (Å²) in [5.41, 5.74) is 2.17. The molecule has 0 atom stereocenters. The Bertz CT molecular complexity index is 683. The summed E-state index contributed by atoms with van der Waals surface area (Å²) in [4.78, 5) is 16.4. The first-order chi connectivity index (χ1) is 9.74. The fraction of sp³-hybridized carbons (Fsp3) is 0.375. The summed E-state index contributed by atoms with van der Waals surface area (Å²) in [7, 11) is 1.34. The van der Waals surface area contributed by atoms with Crippen LogP contribution in [0.3, 0.4) is 0 Å². The van der Waals surface area contributed by atoms with E-state index >= 15 is 0 Å². The first-order valence-electron chi connectivity index (χ1n) is 6.60. The van der Waals surface area contributed by atoms with Crippen LogP contribution in [0.4, 0.5) is 0 Å². The molecule has 112 valence electrons. The first-order valence-corrected chi connectivity index (χ1v) is 7.39. The lowest BCUT2D eigenvalue weighted by Crippen LogP contribution is -2.17. The minimum Gasteiger partial charge on any atom is -0.463 e. The molecule has 0 radical (unpaired) electrons. The Morgan fingerprint density at radius 3 is 2.52 bits per heavy atom. The molecule has 0 bridgehead atoms. The Labute approximate surface area is 132 Å². The third-order valence-corrected chi connectivity index (χ3v) is 3.62. The van der Waals surface area contributed by atoms with Crippen molar-refractivity contribution in [1.82, 2.24) is 4.98 Å². The van der Waals surface area contributed by atoms with Crippen molar-refractivity contribution in [2.75, 3.05) is 7.11 Å². The lowest BCUT2D eigenvalue weighted by molar-refractivity contribution is 0.0562. The van der Waals surface area contributed by atoms with Gasteiger partial charge in [-0.2, -0.15) is 0 Å². The van der Waals surface area contributed by atoms with Crippen LogP contribution in [0, 0.1) is 6.92 Å². The maximum Gasteiger partial charge on any atom is 0.376 e. The molecule has 0 spiro atoms. The van der Waals surface area contributed by atoms with Crippen molar-refractivity contribution in [3.63, 3.8) is 0 Å². The van der Waals surface area contributed by atoms with E-state index in [1.165, 1.54) is 7.11 Å². The van der Waals surface area contributed by atoms with Gasteiger partial charge in [-0.05, 0) is 30.7 Å². The number of aryl methyl sites for hydroxylation is 1. The number of methoxy groups -OCH3 is 1. The van der Waals surface area contributed by atoms with Gasteiger partial charge in [0.2, 0.25) is 11.7 Å². The third-order valence-electron chi connectivity index (χ3n) is 3.13. The Morgan fingerprint density at radius 2 is 2.00 bits per heavy atom. The second-order valence-corrected chi connectivity index (χ2v) is 6.81. The zero-order valence-electron chi connectivity index (χ0n) is 12.8. The highest BCUT2D eigenvalue weighted by Crippen LogP contribution is 2.32. The molecule has 0 amide bonds. The summed E-state index contributed by atoms with van der Waals surface area (Å²) in [6, 6.07) is 5.81. The van der Waals surface area contributed by atoms with Crippen molar-refractivity contribution in [2.45, 2.75) is 33.1 Å². The van der Waals surface area contributed by atoms with Crippen LogP contribution in [-0.4, -0.2) is 18.1 Å². The Morgan fingerprint density at radius 1 is 1.33 bits per heavy atom. The highest BCUT2D eigenvalue weighted by molar-refractivity contribution is 9.10. The molecule has 1 aromatic carbocycles. The molecule has 0 unspecified atom stereocenters. The van der Waals surface area contributed by atoms with Crippen molar-refractivity contribution in [3.8, 4) is 11.5 Å². The van der Waals surface area contributed by atoms with E-state index in [2.05, 4.69) is 20.9 Å². The number of carbonyl (C=O) groups is 1. The van der Waals surface area contributed by atoms with Gasteiger partial charge in [0.1, 0.15) is 5.69 Å². The lowest BCUT2D eigenvalue weighted by Gasteiger charge is -2.15. The molecule has 0 aliphatic carbocycles. The molecule has 4 nitrogen and oxygen atoms in total. The van der Waals surface area contributed by atoms with Crippen LogP contribution in [0.5, 0.6) is 0 Å². The zero-order chi connectivity index (χ0) is 15.8. The molecule has 21 heavy (non-hydrogen) atoms. The summed E-state index contributed by atoms with van der Waals surface area (Å²) >= 11 is 3.43. The minimum atomic E-state index is -0.506. The molecule has 0 aliphatic heterocycles. The van der Waals surface area contributed by atoms with Crippen molar-refractivity contribution in [2.24, 2.45) is 0 Å². The monoisotopic (exact) mass is 351 g/mol. The number of benzene rings is 1. The predicted molar refractivity (Wildman–Crippen MR) is 84.4 cm³/mol. The van der Waals surface area contributed by atoms with Crippen LogP contribution >= 0.6 is 15.9 Å². The summed E-state index contributed by atoms with van der Waals surface area (Å²) in [5.74, 6) is 0.0982. The Kier molecular flexibility index (Phi) is 4.23. The molecule has 2 aromatic rings. The average Bonchev–Trinajstić information content (AvgIpc) is 2.82. The molecule has 0 fully saturated rings. The van der Waals surface area contributed by atoms with Gasteiger partial charge in [-0.1, -0.05) is 36.7 Å². The molecule has 1 aromatic heterocycles. The van der Waals surface area contributed by atoms with E-state index in [0.717, 1.165) is 15.6 Å². The summed E-state index contributed by atoms with van der Waals surface area (Å²) in [6.07, 6.45) is 0. The second-order valence-electron chi connectivity index (χ2n) is 5.90. The molecule has 0 saturated carbocycles. The van der Waals surface area contributed by atoms with Crippen molar-refractivity contribution >= 4 is 21.9 Å². The standard InChI is InChI=1S/C16H18BrNO3/c1-9-8-10(17)6-7-11(9)14-18-13(16(2,3)4)12(21-14)15(19)20-5/h6-8H,1-5H3. The highest BCUT2D eigenvalue weighted by Gasteiger charge is 2.30. The van der Waals surface area contributed by atoms with Gasteiger partial charge in [0, 0.05) is 15.5 Å². The van der Waals surface area contributed by atoms with Crippen molar-refractivity contribution < 1.29 is 13.9 Å². The van der Waals surface area contributed by atoms with Gasteiger partial charge < -0.3 is 9.15 Å². The van der Waals surface area contributed by atoms with Crippen LogP contribution < -0.4 is 0 Å². The number of oxazole rings is 1. The predicted octanol–water partition coefficient (Wildman–Crippen LogP) is 4.50. The van der Waals surface area contributed by atoms with Crippen LogP contribution in [0.25, 0.3) is 11.5 Å². The van der Waals surface area contributed by atoms with Gasteiger partial charge in [0.25, 0.3) is 0 Å². The average molecular weight is 352 g/mol. The summed E-state index contributed by atoms with van der Waals surface area (Å²) in [5, 5.41) is 0. The van der Waals surface area contributed by atoms with E-state index in [0.29, 0.717) is 11.6 Å². The Hall–Kier alpha value is -1.62.